The molecule has 0 atom stereocenters. The lowest BCUT2D eigenvalue weighted by Gasteiger charge is -2.33. The number of hydrogen-bond acceptors (Lipinski definition) is 5. The van der Waals surface area contributed by atoms with E-state index in [4.69, 9.17) is 11.6 Å². The van der Waals surface area contributed by atoms with Crippen LogP contribution < -0.4 is 0 Å². The van der Waals surface area contributed by atoms with Gasteiger partial charge in [0, 0.05) is 31.1 Å². The first kappa shape index (κ1) is 19.7. The lowest BCUT2D eigenvalue weighted by molar-refractivity contribution is 0.273. The number of aryl methyl sites for hydroxylation is 1. The molecular formula is C15H16ClFN2O4S3. The van der Waals surface area contributed by atoms with Gasteiger partial charge in [-0.3, -0.25) is 0 Å². The molecule has 1 saturated heterocycles. The molecule has 0 aliphatic carbocycles. The summed E-state index contributed by atoms with van der Waals surface area (Å²) in [5.74, 6) is -0.701. The SMILES string of the molecule is Cc1ccc(S(=O)(=O)N2CCN(S(=O)(=O)c3ccc(F)c(Cl)c3)CC2)s1. The van der Waals surface area contributed by atoms with Gasteiger partial charge in [-0.2, -0.15) is 8.61 Å². The van der Waals surface area contributed by atoms with E-state index in [2.05, 4.69) is 0 Å². The van der Waals surface area contributed by atoms with Crippen LogP contribution in [-0.4, -0.2) is 51.6 Å². The van der Waals surface area contributed by atoms with Gasteiger partial charge in [0.1, 0.15) is 10.0 Å². The number of sulfonamides is 2. The molecule has 142 valence electrons. The van der Waals surface area contributed by atoms with Gasteiger partial charge in [-0.25, -0.2) is 21.2 Å². The van der Waals surface area contributed by atoms with E-state index in [0.29, 0.717) is 0 Å². The molecule has 0 amide bonds. The largest absolute Gasteiger partial charge is 0.252 e. The Labute approximate surface area is 160 Å². The Hall–Kier alpha value is -1.04. The second kappa shape index (κ2) is 7.17. The third-order valence-corrected chi connectivity index (χ3v) is 9.59. The Bertz CT molecular complexity index is 1030. The number of hydrogen-bond donors (Lipinski definition) is 0. The van der Waals surface area contributed by atoms with Gasteiger partial charge in [-0.05, 0) is 37.3 Å². The van der Waals surface area contributed by atoms with Gasteiger partial charge in [-0.1, -0.05) is 11.6 Å². The summed E-state index contributed by atoms with van der Waals surface area (Å²) in [6, 6.07) is 6.49. The molecular weight excluding hydrogens is 423 g/mol. The normalized spacial score (nSPS) is 17.5. The molecule has 1 aromatic carbocycles. The van der Waals surface area contributed by atoms with Crippen LogP contribution in [0.3, 0.4) is 0 Å². The van der Waals surface area contributed by atoms with E-state index in [-0.39, 0.29) is 40.3 Å². The van der Waals surface area contributed by atoms with Crippen molar-refractivity contribution in [3.8, 4) is 0 Å². The summed E-state index contributed by atoms with van der Waals surface area (Å²) in [4.78, 5) is 0.770. The second-order valence-corrected chi connectivity index (χ2v) is 11.5. The fourth-order valence-corrected chi connectivity index (χ4v) is 7.17. The zero-order valence-electron chi connectivity index (χ0n) is 13.7. The molecule has 0 saturated carbocycles. The number of rotatable bonds is 4. The van der Waals surface area contributed by atoms with Crippen molar-refractivity contribution < 1.29 is 21.2 Å². The Morgan fingerprint density at radius 2 is 1.54 bits per heavy atom. The number of halogens is 2. The highest BCUT2D eigenvalue weighted by atomic mass is 35.5. The fourth-order valence-electron chi connectivity index (χ4n) is 2.61. The van der Waals surface area contributed by atoms with Crippen LogP contribution in [0.15, 0.2) is 39.4 Å². The molecule has 1 fully saturated rings. The maximum Gasteiger partial charge on any atom is 0.252 e. The molecule has 1 aliphatic rings. The van der Waals surface area contributed by atoms with Crippen LogP contribution >= 0.6 is 22.9 Å². The topological polar surface area (TPSA) is 74.8 Å². The highest BCUT2D eigenvalue weighted by molar-refractivity contribution is 7.91. The van der Waals surface area contributed by atoms with Crippen molar-refractivity contribution in [1.82, 2.24) is 8.61 Å². The number of benzene rings is 1. The average molecular weight is 439 g/mol. The zero-order chi connectivity index (χ0) is 19.1. The highest BCUT2D eigenvalue weighted by Gasteiger charge is 2.34. The summed E-state index contributed by atoms with van der Waals surface area (Å²) in [5.41, 5.74) is 0. The number of thiophene rings is 1. The third kappa shape index (κ3) is 3.67. The Morgan fingerprint density at radius 1 is 0.962 bits per heavy atom. The zero-order valence-corrected chi connectivity index (χ0v) is 16.9. The van der Waals surface area contributed by atoms with Crippen molar-refractivity contribution in [2.45, 2.75) is 16.0 Å². The van der Waals surface area contributed by atoms with E-state index in [1.807, 2.05) is 6.92 Å². The molecule has 6 nitrogen and oxygen atoms in total. The summed E-state index contributed by atoms with van der Waals surface area (Å²) in [5, 5.41) is -0.277. The van der Waals surface area contributed by atoms with Crippen molar-refractivity contribution in [2.24, 2.45) is 0 Å². The standard InChI is InChI=1S/C15H16ClFN2O4S3/c1-11-2-5-15(24-11)26(22,23)19-8-6-18(7-9-19)25(20,21)12-3-4-14(17)13(16)10-12/h2-5,10H,6-9H2,1H3. The van der Waals surface area contributed by atoms with Crippen LogP contribution in [-0.2, 0) is 20.0 Å². The van der Waals surface area contributed by atoms with Crippen LogP contribution in [0.5, 0.6) is 0 Å². The number of piperazine rings is 1. The van der Waals surface area contributed by atoms with Gasteiger partial charge in [0.25, 0.3) is 10.0 Å². The monoisotopic (exact) mass is 438 g/mol. The second-order valence-electron chi connectivity index (χ2n) is 5.75. The minimum absolute atomic E-state index is 0.0148. The van der Waals surface area contributed by atoms with Gasteiger partial charge < -0.3 is 0 Å². The molecule has 0 spiro atoms. The Kier molecular flexibility index (Phi) is 5.44. The molecule has 1 aromatic heterocycles. The van der Waals surface area contributed by atoms with Crippen molar-refractivity contribution in [1.29, 1.82) is 0 Å². The van der Waals surface area contributed by atoms with Gasteiger partial charge in [0.15, 0.2) is 0 Å². The fraction of sp³-hybridized carbons (Fsp3) is 0.333. The third-order valence-electron chi connectivity index (χ3n) is 4.04. The first-order valence-electron chi connectivity index (χ1n) is 7.64. The minimum atomic E-state index is -3.87. The minimum Gasteiger partial charge on any atom is -0.207 e. The quantitative estimate of drug-likeness (QED) is 0.735. The van der Waals surface area contributed by atoms with Gasteiger partial charge >= 0.3 is 0 Å². The number of nitrogens with zero attached hydrogens (tertiary/aromatic N) is 2. The van der Waals surface area contributed by atoms with Crippen LogP contribution in [0, 0.1) is 12.7 Å². The first-order valence-corrected chi connectivity index (χ1v) is 11.7. The van der Waals surface area contributed by atoms with E-state index in [9.17, 15) is 21.2 Å². The molecule has 0 unspecified atom stereocenters. The molecule has 0 bridgehead atoms. The van der Waals surface area contributed by atoms with Crippen molar-refractivity contribution in [3.63, 3.8) is 0 Å². The van der Waals surface area contributed by atoms with Crippen LogP contribution in [0.4, 0.5) is 4.39 Å². The molecule has 2 aromatic rings. The first-order chi connectivity index (χ1) is 12.1. The van der Waals surface area contributed by atoms with E-state index < -0.39 is 25.9 Å². The highest BCUT2D eigenvalue weighted by Crippen LogP contribution is 2.27. The molecule has 3 rings (SSSR count). The molecule has 2 heterocycles. The summed E-state index contributed by atoms with van der Waals surface area (Å²) < 4.78 is 66.5. The molecule has 26 heavy (non-hydrogen) atoms. The van der Waals surface area contributed by atoms with Gasteiger partial charge in [0.05, 0.1) is 9.92 Å². The molecule has 0 N–H and O–H groups in total. The van der Waals surface area contributed by atoms with E-state index >= 15 is 0 Å². The van der Waals surface area contributed by atoms with Crippen LogP contribution in [0.1, 0.15) is 4.88 Å². The van der Waals surface area contributed by atoms with Crippen molar-refractivity contribution >= 4 is 43.0 Å². The summed E-state index contributed by atoms with van der Waals surface area (Å²) >= 11 is 6.85. The summed E-state index contributed by atoms with van der Waals surface area (Å²) in [7, 11) is -7.49. The predicted octanol–water partition coefficient (Wildman–Crippen LogP) is 2.54. The van der Waals surface area contributed by atoms with Crippen LogP contribution in [0.25, 0.3) is 0 Å². The Balaban J connectivity index is 1.76. The van der Waals surface area contributed by atoms with E-state index in [1.165, 1.54) is 19.9 Å². The molecule has 11 heteroatoms. The predicted molar refractivity (Wildman–Crippen MR) is 98.0 cm³/mol. The average Bonchev–Trinajstić information content (AvgIpc) is 3.04. The molecule has 0 radical (unpaired) electrons. The summed E-state index contributed by atoms with van der Waals surface area (Å²) in [6.45, 7) is 1.95. The lowest BCUT2D eigenvalue weighted by Crippen LogP contribution is -2.50. The Morgan fingerprint density at radius 3 is 2.04 bits per heavy atom. The maximum atomic E-state index is 13.3. The summed E-state index contributed by atoms with van der Waals surface area (Å²) in [6.07, 6.45) is 0. The van der Waals surface area contributed by atoms with Crippen molar-refractivity contribution in [2.75, 3.05) is 26.2 Å². The molecule has 1 aliphatic heterocycles. The van der Waals surface area contributed by atoms with Crippen molar-refractivity contribution in [3.05, 3.63) is 46.0 Å². The van der Waals surface area contributed by atoms with Crippen LogP contribution in [0.2, 0.25) is 5.02 Å². The van der Waals surface area contributed by atoms with E-state index in [0.717, 1.165) is 23.1 Å². The lowest BCUT2D eigenvalue weighted by atomic mass is 10.3. The van der Waals surface area contributed by atoms with Gasteiger partial charge in [0.2, 0.25) is 10.0 Å². The maximum absolute atomic E-state index is 13.3. The van der Waals surface area contributed by atoms with Gasteiger partial charge in [-0.15, -0.1) is 11.3 Å². The van der Waals surface area contributed by atoms with E-state index in [1.54, 1.807) is 12.1 Å². The smallest absolute Gasteiger partial charge is 0.207 e.